The van der Waals surface area contributed by atoms with Gasteiger partial charge in [0.1, 0.15) is 5.75 Å². The third-order valence-corrected chi connectivity index (χ3v) is 4.75. The van der Waals surface area contributed by atoms with Gasteiger partial charge in [0.25, 0.3) is 5.91 Å². The van der Waals surface area contributed by atoms with Crippen molar-refractivity contribution < 1.29 is 19.1 Å². The zero-order valence-electron chi connectivity index (χ0n) is 16.2. The molecule has 3 rings (SSSR count). The molecule has 142 valence electrons. The molecule has 0 fully saturated rings. The largest absolute Gasteiger partial charge is 0.481 e. The van der Waals surface area contributed by atoms with Crippen LogP contribution < -0.4 is 9.64 Å². The summed E-state index contributed by atoms with van der Waals surface area (Å²) in [5, 5.41) is 0. The van der Waals surface area contributed by atoms with Crippen LogP contribution in [0, 0.1) is 20.8 Å². The summed E-state index contributed by atoms with van der Waals surface area (Å²) in [5.74, 6) is -0.0799. The second kappa shape index (κ2) is 7.82. The van der Waals surface area contributed by atoms with Crippen molar-refractivity contribution in [1.29, 1.82) is 0 Å². The molecule has 0 N–H and O–H groups in total. The lowest BCUT2D eigenvalue weighted by Crippen LogP contribution is -2.39. The Morgan fingerprint density at radius 3 is 2.48 bits per heavy atom. The number of fused-ring (bicyclic) bond motifs is 1. The minimum Gasteiger partial charge on any atom is -0.481 e. The van der Waals surface area contributed by atoms with E-state index in [-0.39, 0.29) is 12.5 Å². The topological polar surface area (TPSA) is 55.8 Å². The number of esters is 1. The summed E-state index contributed by atoms with van der Waals surface area (Å²) in [5.41, 5.74) is 5.12. The Kier molecular flexibility index (Phi) is 5.49. The molecule has 5 nitrogen and oxygen atoms in total. The predicted octanol–water partition coefficient (Wildman–Crippen LogP) is 3.51. The molecule has 0 radical (unpaired) electrons. The number of nitrogens with zero attached hydrogens (tertiary/aromatic N) is 1. The van der Waals surface area contributed by atoms with Crippen molar-refractivity contribution in [3.63, 3.8) is 0 Å². The molecule has 27 heavy (non-hydrogen) atoms. The van der Waals surface area contributed by atoms with Crippen LogP contribution in [0.3, 0.4) is 0 Å². The van der Waals surface area contributed by atoms with Crippen LogP contribution in [0.25, 0.3) is 0 Å². The van der Waals surface area contributed by atoms with Crippen LogP contribution in [0.2, 0.25) is 0 Å². The van der Waals surface area contributed by atoms with Gasteiger partial charge in [-0.05, 0) is 56.9 Å². The minimum atomic E-state index is -0.854. The van der Waals surface area contributed by atoms with Crippen LogP contribution in [-0.4, -0.2) is 31.1 Å². The van der Waals surface area contributed by atoms with Crippen molar-refractivity contribution in [2.24, 2.45) is 0 Å². The molecular formula is C22H25NO4. The minimum absolute atomic E-state index is 0.212. The Morgan fingerprint density at radius 1 is 1.11 bits per heavy atom. The number of carbonyl (C=O) groups excluding carboxylic acids is 2. The fourth-order valence-corrected chi connectivity index (χ4v) is 3.59. The molecule has 1 amide bonds. The fraction of sp³-hybridized carbons (Fsp3) is 0.364. The Balaban J connectivity index is 1.58. The van der Waals surface area contributed by atoms with Crippen molar-refractivity contribution >= 4 is 17.6 Å². The number of aryl methyl sites for hydroxylation is 3. The number of rotatable bonds is 5. The summed E-state index contributed by atoms with van der Waals surface area (Å²) in [6.07, 6.45) is -0.0371. The molecule has 1 aliphatic heterocycles. The maximum absolute atomic E-state index is 12.7. The average molecular weight is 367 g/mol. The normalized spacial score (nSPS) is 13.9. The Morgan fingerprint density at radius 2 is 1.78 bits per heavy atom. The molecular weight excluding hydrogens is 342 g/mol. The standard InChI is InChI=1S/C22H25NO4/c1-14-11-15(2)21(16(3)12-14)26-13-20(24)27-17(4)22(25)23-10-9-18-7-5-6-8-19(18)23/h5-8,11-12,17H,9-10,13H2,1-4H3/t17-/m0/s1. The highest BCUT2D eigenvalue weighted by atomic mass is 16.6. The van der Waals surface area contributed by atoms with Crippen molar-refractivity contribution in [1.82, 2.24) is 0 Å². The van der Waals surface area contributed by atoms with Gasteiger partial charge in [-0.25, -0.2) is 4.79 Å². The first kappa shape index (κ1) is 19.0. The molecule has 0 spiro atoms. The number of anilines is 1. The zero-order chi connectivity index (χ0) is 19.6. The van der Waals surface area contributed by atoms with Crippen molar-refractivity contribution in [3.05, 3.63) is 58.7 Å². The van der Waals surface area contributed by atoms with Gasteiger partial charge in [0.2, 0.25) is 0 Å². The first-order valence-corrected chi connectivity index (χ1v) is 9.16. The average Bonchev–Trinajstić information content (AvgIpc) is 3.04. The van der Waals surface area contributed by atoms with Crippen LogP contribution in [-0.2, 0) is 20.7 Å². The Hall–Kier alpha value is -2.82. The van der Waals surface area contributed by atoms with Gasteiger partial charge in [0.15, 0.2) is 12.7 Å². The Bertz CT molecular complexity index is 851. The number of hydrogen-bond donors (Lipinski definition) is 0. The number of amides is 1. The predicted molar refractivity (Wildman–Crippen MR) is 104 cm³/mol. The molecule has 0 saturated carbocycles. The van der Waals surface area contributed by atoms with Gasteiger partial charge in [0, 0.05) is 12.2 Å². The third-order valence-electron chi connectivity index (χ3n) is 4.75. The smallest absolute Gasteiger partial charge is 0.344 e. The molecule has 1 heterocycles. The second-order valence-electron chi connectivity index (χ2n) is 7.02. The highest BCUT2D eigenvalue weighted by molar-refractivity contribution is 5.99. The van der Waals surface area contributed by atoms with Gasteiger partial charge in [-0.3, -0.25) is 4.79 Å². The van der Waals surface area contributed by atoms with E-state index >= 15 is 0 Å². The zero-order valence-corrected chi connectivity index (χ0v) is 16.2. The first-order valence-electron chi connectivity index (χ1n) is 9.16. The molecule has 5 heteroatoms. The van der Waals surface area contributed by atoms with Gasteiger partial charge in [0.05, 0.1) is 0 Å². The van der Waals surface area contributed by atoms with E-state index in [1.807, 2.05) is 57.2 Å². The number of para-hydroxylation sites is 1. The second-order valence-corrected chi connectivity index (χ2v) is 7.02. The van der Waals surface area contributed by atoms with Gasteiger partial charge >= 0.3 is 5.97 Å². The molecule has 2 aromatic rings. The number of carbonyl (C=O) groups is 2. The summed E-state index contributed by atoms with van der Waals surface area (Å²) < 4.78 is 11.0. The van der Waals surface area contributed by atoms with Gasteiger partial charge in [-0.1, -0.05) is 35.9 Å². The highest BCUT2D eigenvalue weighted by Gasteiger charge is 2.29. The van der Waals surface area contributed by atoms with Crippen LogP contribution >= 0.6 is 0 Å². The monoisotopic (exact) mass is 367 g/mol. The van der Waals surface area contributed by atoms with Crippen LogP contribution in [0.15, 0.2) is 36.4 Å². The molecule has 2 aromatic carbocycles. The quantitative estimate of drug-likeness (QED) is 0.759. The fourth-order valence-electron chi connectivity index (χ4n) is 3.59. The molecule has 1 atom stereocenters. The van der Waals surface area contributed by atoms with Crippen molar-refractivity contribution in [2.45, 2.75) is 40.2 Å². The third kappa shape index (κ3) is 4.13. The summed E-state index contributed by atoms with van der Waals surface area (Å²) in [7, 11) is 0. The van der Waals surface area contributed by atoms with Crippen molar-refractivity contribution in [2.75, 3.05) is 18.1 Å². The van der Waals surface area contributed by atoms with Crippen LogP contribution in [0.1, 0.15) is 29.2 Å². The molecule has 0 unspecified atom stereocenters. The number of hydrogen-bond acceptors (Lipinski definition) is 4. The van der Waals surface area contributed by atoms with E-state index in [0.29, 0.717) is 12.3 Å². The van der Waals surface area contributed by atoms with Gasteiger partial charge in [-0.2, -0.15) is 0 Å². The van der Waals surface area contributed by atoms with E-state index in [2.05, 4.69) is 0 Å². The van der Waals surface area contributed by atoms with E-state index in [4.69, 9.17) is 9.47 Å². The summed E-state index contributed by atoms with van der Waals surface area (Å²) in [6.45, 7) is 7.89. The van der Waals surface area contributed by atoms with E-state index in [1.165, 1.54) is 0 Å². The van der Waals surface area contributed by atoms with Crippen molar-refractivity contribution in [3.8, 4) is 5.75 Å². The summed E-state index contributed by atoms with van der Waals surface area (Å²) in [6, 6.07) is 11.8. The van der Waals surface area contributed by atoms with E-state index in [9.17, 15) is 9.59 Å². The SMILES string of the molecule is Cc1cc(C)c(OCC(=O)O[C@@H](C)C(=O)N2CCc3ccccc32)c(C)c1. The lowest BCUT2D eigenvalue weighted by atomic mass is 10.1. The van der Waals surface area contributed by atoms with Gasteiger partial charge in [-0.15, -0.1) is 0 Å². The van der Waals surface area contributed by atoms with Crippen LogP contribution in [0.5, 0.6) is 5.75 Å². The van der Waals surface area contributed by atoms with E-state index in [0.717, 1.165) is 34.4 Å². The van der Waals surface area contributed by atoms with Gasteiger partial charge < -0.3 is 14.4 Å². The molecule has 0 aromatic heterocycles. The molecule has 1 aliphatic rings. The first-order chi connectivity index (χ1) is 12.9. The van der Waals surface area contributed by atoms with Crippen LogP contribution in [0.4, 0.5) is 5.69 Å². The summed E-state index contributed by atoms with van der Waals surface area (Å²) in [4.78, 5) is 26.5. The number of ether oxygens (including phenoxy) is 2. The lowest BCUT2D eigenvalue weighted by Gasteiger charge is -2.22. The maximum atomic E-state index is 12.7. The highest BCUT2D eigenvalue weighted by Crippen LogP contribution is 2.28. The molecule has 0 aliphatic carbocycles. The molecule has 0 saturated heterocycles. The maximum Gasteiger partial charge on any atom is 0.344 e. The molecule has 0 bridgehead atoms. The van der Waals surface area contributed by atoms with E-state index < -0.39 is 12.1 Å². The van der Waals surface area contributed by atoms with E-state index in [1.54, 1.807) is 11.8 Å². The summed E-state index contributed by atoms with van der Waals surface area (Å²) >= 11 is 0. The number of benzene rings is 2. The lowest BCUT2D eigenvalue weighted by molar-refractivity contribution is -0.155. The Labute approximate surface area is 159 Å².